The van der Waals surface area contributed by atoms with Gasteiger partial charge in [0.25, 0.3) is 5.56 Å². The zero-order chi connectivity index (χ0) is 22.8. The maximum atomic E-state index is 12.8. The SMILES string of the molecule is CC(C)Oc1ccccc1Nc1nc(-c2cccc(N3CCCC3)c2)cc2cc[nH]c(=O)c12. The van der Waals surface area contributed by atoms with Crippen molar-refractivity contribution in [1.82, 2.24) is 9.97 Å². The number of rotatable bonds is 6. The standard InChI is InChI=1S/C27H28N4O2/c1-18(2)33-24-11-4-3-10-22(24)29-26-25-20(12-13-28-27(25)32)17-23(30-26)19-8-7-9-21(16-19)31-14-5-6-15-31/h3-4,7-13,16-18H,5-6,14-15H2,1-2H3,(H,28,32)(H,29,30). The van der Waals surface area contributed by atoms with Gasteiger partial charge in [-0.3, -0.25) is 4.79 Å². The van der Waals surface area contributed by atoms with Gasteiger partial charge < -0.3 is 19.9 Å². The van der Waals surface area contributed by atoms with Crippen LogP contribution in [-0.4, -0.2) is 29.2 Å². The molecule has 0 atom stereocenters. The fraction of sp³-hybridized carbons (Fsp3) is 0.259. The van der Waals surface area contributed by atoms with Crippen molar-refractivity contribution in [3.8, 4) is 17.0 Å². The maximum Gasteiger partial charge on any atom is 0.259 e. The molecule has 0 spiro atoms. The molecule has 168 valence electrons. The van der Waals surface area contributed by atoms with E-state index in [1.165, 1.54) is 18.5 Å². The quantitative estimate of drug-likeness (QED) is 0.401. The average molecular weight is 441 g/mol. The summed E-state index contributed by atoms with van der Waals surface area (Å²) in [6, 6.07) is 20.1. The minimum atomic E-state index is -0.179. The summed E-state index contributed by atoms with van der Waals surface area (Å²) in [6.07, 6.45) is 4.16. The molecule has 1 aliphatic heterocycles. The second kappa shape index (κ2) is 8.98. The number of ether oxygens (including phenoxy) is 1. The Morgan fingerprint density at radius 3 is 2.67 bits per heavy atom. The minimum absolute atomic E-state index is 0.0284. The summed E-state index contributed by atoms with van der Waals surface area (Å²) in [4.78, 5) is 22.9. The molecule has 6 heteroatoms. The zero-order valence-corrected chi connectivity index (χ0v) is 19.0. The predicted molar refractivity (Wildman–Crippen MR) is 135 cm³/mol. The van der Waals surface area contributed by atoms with Gasteiger partial charge >= 0.3 is 0 Å². The van der Waals surface area contributed by atoms with E-state index in [-0.39, 0.29) is 11.7 Å². The van der Waals surface area contributed by atoms with Gasteiger partial charge in [-0.1, -0.05) is 24.3 Å². The van der Waals surface area contributed by atoms with E-state index in [1.807, 2.05) is 50.2 Å². The van der Waals surface area contributed by atoms with Crippen LogP contribution in [0.3, 0.4) is 0 Å². The molecule has 3 heterocycles. The summed E-state index contributed by atoms with van der Waals surface area (Å²) in [5.74, 6) is 1.23. The van der Waals surface area contributed by atoms with E-state index in [9.17, 15) is 4.79 Å². The highest BCUT2D eigenvalue weighted by atomic mass is 16.5. The number of aromatic amines is 1. The molecular formula is C27H28N4O2. The van der Waals surface area contributed by atoms with E-state index in [0.717, 1.165) is 41.2 Å². The first kappa shape index (κ1) is 21.1. The normalized spacial score (nSPS) is 13.6. The average Bonchev–Trinajstić information content (AvgIpc) is 3.35. The van der Waals surface area contributed by atoms with Crippen LogP contribution in [-0.2, 0) is 0 Å². The monoisotopic (exact) mass is 440 g/mol. The van der Waals surface area contributed by atoms with E-state index in [1.54, 1.807) is 6.20 Å². The second-order valence-corrected chi connectivity index (χ2v) is 8.66. The number of pyridine rings is 2. The molecule has 2 aromatic heterocycles. The third-order valence-corrected chi connectivity index (χ3v) is 5.87. The van der Waals surface area contributed by atoms with Gasteiger partial charge in [0.2, 0.25) is 0 Å². The van der Waals surface area contributed by atoms with Gasteiger partial charge in [0.1, 0.15) is 11.6 Å². The van der Waals surface area contributed by atoms with Crippen molar-refractivity contribution in [1.29, 1.82) is 0 Å². The summed E-state index contributed by atoms with van der Waals surface area (Å²) < 4.78 is 5.97. The van der Waals surface area contributed by atoms with Gasteiger partial charge in [-0.25, -0.2) is 4.98 Å². The van der Waals surface area contributed by atoms with Crippen molar-refractivity contribution in [2.75, 3.05) is 23.3 Å². The largest absolute Gasteiger partial charge is 0.489 e. The number of nitrogens with zero attached hydrogens (tertiary/aromatic N) is 2. The Morgan fingerprint density at radius 2 is 1.85 bits per heavy atom. The molecule has 6 nitrogen and oxygen atoms in total. The lowest BCUT2D eigenvalue weighted by Crippen LogP contribution is -2.17. The van der Waals surface area contributed by atoms with Crippen LogP contribution >= 0.6 is 0 Å². The molecule has 1 aliphatic rings. The fourth-order valence-electron chi connectivity index (χ4n) is 4.34. The van der Waals surface area contributed by atoms with Crippen LogP contribution in [0.5, 0.6) is 5.75 Å². The van der Waals surface area contributed by atoms with Gasteiger partial charge in [0.05, 0.1) is 22.9 Å². The molecule has 0 bridgehead atoms. The molecule has 0 saturated carbocycles. The first-order valence-corrected chi connectivity index (χ1v) is 11.5. The second-order valence-electron chi connectivity index (χ2n) is 8.66. The van der Waals surface area contributed by atoms with Crippen molar-refractivity contribution in [2.45, 2.75) is 32.8 Å². The number of hydrogen-bond donors (Lipinski definition) is 2. The highest BCUT2D eigenvalue weighted by Crippen LogP contribution is 2.33. The van der Waals surface area contributed by atoms with Gasteiger partial charge in [-0.2, -0.15) is 0 Å². The number of benzene rings is 2. The number of fused-ring (bicyclic) bond motifs is 1. The predicted octanol–water partition coefficient (Wildman–Crippen LogP) is 5.72. The highest BCUT2D eigenvalue weighted by molar-refractivity contribution is 5.95. The van der Waals surface area contributed by atoms with E-state index in [4.69, 9.17) is 9.72 Å². The van der Waals surface area contributed by atoms with Crippen LogP contribution in [0.2, 0.25) is 0 Å². The molecule has 1 fully saturated rings. The number of anilines is 3. The number of H-pyrrole nitrogens is 1. The van der Waals surface area contributed by atoms with E-state index >= 15 is 0 Å². The fourth-order valence-corrected chi connectivity index (χ4v) is 4.34. The maximum absolute atomic E-state index is 12.8. The van der Waals surface area contributed by atoms with Crippen LogP contribution in [0.4, 0.5) is 17.2 Å². The van der Waals surface area contributed by atoms with Gasteiger partial charge in [0, 0.05) is 30.5 Å². The van der Waals surface area contributed by atoms with Crippen molar-refractivity contribution >= 4 is 28.0 Å². The van der Waals surface area contributed by atoms with Crippen LogP contribution in [0.1, 0.15) is 26.7 Å². The Labute approximate surface area is 193 Å². The molecule has 0 unspecified atom stereocenters. The molecule has 0 radical (unpaired) electrons. The van der Waals surface area contributed by atoms with E-state index in [2.05, 4.69) is 39.5 Å². The molecule has 33 heavy (non-hydrogen) atoms. The molecule has 2 N–H and O–H groups in total. The molecule has 2 aromatic carbocycles. The van der Waals surface area contributed by atoms with Crippen molar-refractivity contribution in [2.24, 2.45) is 0 Å². The lowest BCUT2D eigenvalue weighted by atomic mass is 10.1. The molecule has 1 saturated heterocycles. The summed E-state index contributed by atoms with van der Waals surface area (Å²) in [6.45, 7) is 6.15. The topological polar surface area (TPSA) is 70.2 Å². The Balaban J connectivity index is 1.61. The third kappa shape index (κ3) is 4.42. The number of nitrogens with one attached hydrogen (secondary N) is 2. The Hall–Kier alpha value is -3.80. The molecule has 4 aromatic rings. The minimum Gasteiger partial charge on any atom is -0.489 e. The van der Waals surface area contributed by atoms with Crippen LogP contribution in [0.25, 0.3) is 22.0 Å². The van der Waals surface area contributed by atoms with Crippen LogP contribution in [0, 0.1) is 0 Å². The third-order valence-electron chi connectivity index (χ3n) is 5.87. The smallest absolute Gasteiger partial charge is 0.259 e. The first-order chi connectivity index (χ1) is 16.1. The zero-order valence-electron chi connectivity index (χ0n) is 19.0. The molecule has 0 amide bonds. The Bertz CT molecular complexity index is 1340. The summed E-state index contributed by atoms with van der Waals surface area (Å²) in [5, 5.41) is 4.73. The summed E-state index contributed by atoms with van der Waals surface area (Å²) >= 11 is 0. The van der Waals surface area contributed by atoms with Crippen LogP contribution < -0.4 is 20.5 Å². The van der Waals surface area contributed by atoms with Gasteiger partial charge in [0.15, 0.2) is 0 Å². The molecule has 0 aliphatic carbocycles. The first-order valence-electron chi connectivity index (χ1n) is 11.5. The summed E-state index contributed by atoms with van der Waals surface area (Å²) in [7, 11) is 0. The van der Waals surface area contributed by atoms with E-state index < -0.39 is 0 Å². The highest BCUT2D eigenvalue weighted by Gasteiger charge is 2.16. The molecule has 5 rings (SSSR count). The Kier molecular flexibility index (Phi) is 5.73. The summed E-state index contributed by atoms with van der Waals surface area (Å²) in [5.41, 5.74) is 3.64. The van der Waals surface area contributed by atoms with Crippen LogP contribution in [0.15, 0.2) is 71.7 Å². The van der Waals surface area contributed by atoms with Gasteiger partial charge in [-0.15, -0.1) is 0 Å². The van der Waals surface area contributed by atoms with Crippen molar-refractivity contribution < 1.29 is 4.74 Å². The lowest BCUT2D eigenvalue weighted by Gasteiger charge is -2.19. The Morgan fingerprint density at radius 1 is 1.03 bits per heavy atom. The van der Waals surface area contributed by atoms with Gasteiger partial charge in [-0.05, 0) is 68.5 Å². The van der Waals surface area contributed by atoms with E-state index in [0.29, 0.717) is 11.2 Å². The number of aromatic nitrogens is 2. The van der Waals surface area contributed by atoms with Crippen molar-refractivity contribution in [3.05, 3.63) is 77.2 Å². The number of hydrogen-bond acceptors (Lipinski definition) is 5. The van der Waals surface area contributed by atoms with Crippen molar-refractivity contribution in [3.63, 3.8) is 0 Å². The molecular weight excluding hydrogens is 412 g/mol. The lowest BCUT2D eigenvalue weighted by molar-refractivity contribution is 0.244. The number of para-hydroxylation sites is 2.